The average Bonchev–Trinajstić information content (AvgIpc) is 2.17. The Morgan fingerprint density at radius 1 is 1.12 bits per heavy atom. The Bertz CT molecular complexity index is 126. The van der Waals surface area contributed by atoms with Crippen molar-refractivity contribution in [2.45, 2.75) is 0 Å². The third kappa shape index (κ3) is 6.10. The fourth-order valence-electron chi connectivity index (χ4n) is 0.227. The van der Waals surface area contributed by atoms with Gasteiger partial charge in [-0.25, -0.2) is 0 Å². The molecule has 0 bridgehead atoms. The molecule has 0 aromatic carbocycles. The third-order valence-electron chi connectivity index (χ3n) is 0.425. The first-order valence-electron chi connectivity index (χ1n) is 1.88. The molecule has 42 valence electrons. The summed E-state index contributed by atoms with van der Waals surface area (Å²) < 4.78 is 17.1. The largest absolute Gasteiger partial charge is 0.152 e. The second-order valence-corrected chi connectivity index (χ2v) is 2.17. The van der Waals surface area contributed by atoms with Gasteiger partial charge in [0.25, 0.3) is 0 Å². The van der Waals surface area contributed by atoms with Gasteiger partial charge in [-0.1, -0.05) is 12.1 Å². The summed E-state index contributed by atoms with van der Waals surface area (Å²) in [5.41, 5.74) is 0. The molecular formula is C4H4O2SSn. The monoisotopic (exact) mass is 236 g/mol. The first kappa shape index (κ1) is 8.10. The van der Waals surface area contributed by atoms with Gasteiger partial charge >= 0.3 is 27.3 Å². The average molecular weight is 235 g/mol. The summed E-state index contributed by atoms with van der Waals surface area (Å²) in [6.45, 7) is 0. The topological polar surface area (TPSA) is 34.1 Å². The Hall–Kier alpha value is 0.0987. The summed E-state index contributed by atoms with van der Waals surface area (Å²) in [5.74, 6) is 0. The molecule has 1 heterocycles. The van der Waals surface area contributed by atoms with Crippen LogP contribution in [0.2, 0.25) is 0 Å². The first-order chi connectivity index (χ1) is 3.91. The molecule has 4 heteroatoms. The molecule has 0 N–H and O–H groups in total. The molecule has 0 amide bonds. The van der Waals surface area contributed by atoms with Crippen LogP contribution >= 0.6 is 11.3 Å². The molecule has 0 aliphatic carbocycles. The van der Waals surface area contributed by atoms with Crippen LogP contribution in [-0.4, -0.2) is 21.1 Å². The number of thiophene rings is 1. The van der Waals surface area contributed by atoms with Crippen molar-refractivity contribution < 1.29 is 6.15 Å². The second-order valence-electron chi connectivity index (χ2n) is 0.876. The minimum absolute atomic E-state index is 1.71. The molecule has 0 fully saturated rings. The third-order valence-corrected chi connectivity index (χ3v) is 1.05. The van der Waals surface area contributed by atoms with Gasteiger partial charge in [0.1, 0.15) is 0 Å². The fourth-order valence-corrected chi connectivity index (χ4v) is 0.680. The predicted octanol–water partition coefficient (Wildman–Crippen LogP) is 1.13. The Morgan fingerprint density at radius 2 is 1.50 bits per heavy atom. The molecule has 0 unspecified atom stereocenters. The summed E-state index contributed by atoms with van der Waals surface area (Å²) in [5, 5.41) is 4.08. The van der Waals surface area contributed by atoms with Crippen LogP contribution in [0.4, 0.5) is 0 Å². The standard InChI is InChI=1S/C4H4S.2O.Sn/c1-2-4-5-3-1;;;/h1-4H;;;. The van der Waals surface area contributed by atoms with E-state index in [0.717, 1.165) is 0 Å². The zero-order valence-electron chi connectivity index (χ0n) is 4.03. The molecule has 0 aliphatic rings. The van der Waals surface area contributed by atoms with Gasteiger partial charge in [0, 0.05) is 0 Å². The molecule has 1 aromatic heterocycles. The molecule has 0 saturated heterocycles. The maximum Gasteiger partial charge on any atom is -0.00934 e. The van der Waals surface area contributed by atoms with Crippen LogP contribution in [0, 0.1) is 0 Å². The van der Waals surface area contributed by atoms with Crippen molar-refractivity contribution in [3.05, 3.63) is 22.9 Å². The van der Waals surface area contributed by atoms with Gasteiger partial charge in [0.15, 0.2) is 0 Å². The van der Waals surface area contributed by atoms with Crippen LogP contribution in [0.15, 0.2) is 22.9 Å². The van der Waals surface area contributed by atoms with Crippen LogP contribution in [0.25, 0.3) is 0 Å². The van der Waals surface area contributed by atoms with Crippen LogP contribution in [-0.2, 0) is 6.15 Å². The molecule has 0 aliphatic heterocycles. The van der Waals surface area contributed by atoms with Crippen LogP contribution in [0.5, 0.6) is 0 Å². The smallest absolute Gasteiger partial charge is 0.00934 e. The molecule has 0 radical (unpaired) electrons. The Kier molecular flexibility index (Phi) is 7.19. The second kappa shape index (κ2) is 7.10. The van der Waals surface area contributed by atoms with Gasteiger partial charge in [0.05, 0.1) is 0 Å². The Morgan fingerprint density at radius 3 is 1.62 bits per heavy atom. The summed E-state index contributed by atoms with van der Waals surface area (Å²) >= 11 is -0.557. The molecule has 0 atom stereocenters. The number of hydrogen-bond donors (Lipinski definition) is 0. The molecule has 2 nitrogen and oxygen atoms in total. The number of hydrogen-bond acceptors (Lipinski definition) is 3. The van der Waals surface area contributed by atoms with Crippen molar-refractivity contribution in [3.8, 4) is 0 Å². The normalized spacial score (nSPS) is 6.00. The summed E-state index contributed by atoms with van der Waals surface area (Å²) in [6.07, 6.45) is 0. The van der Waals surface area contributed by atoms with Crippen LogP contribution in [0.1, 0.15) is 0 Å². The van der Waals surface area contributed by atoms with Gasteiger partial charge in [0.2, 0.25) is 0 Å². The molecule has 0 spiro atoms. The Labute approximate surface area is 61.5 Å². The minimum atomic E-state index is -2.27. The van der Waals surface area contributed by atoms with E-state index in [4.69, 9.17) is 6.15 Å². The summed E-state index contributed by atoms with van der Waals surface area (Å²) in [7, 11) is 0. The van der Waals surface area contributed by atoms with Gasteiger partial charge in [-0.2, -0.15) is 11.3 Å². The van der Waals surface area contributed by atoms with E-state index in [0.29, 0.717) is 0 Å². The minimum Gasteiger partial charge on any atom is -0.152 e. The van der Waals surface area contributed by atoms with Crippen LogP contribution in [0.3, 0.4) is 0 Å². The zero-order valence-corrected chi connectivity index (χ0v) is 7.70. The van der Waals surface area contributed by atoms with Crippen molar-refractivity contribution in [2.75, 3.05) is 0 Å². The van der Waals surface area contributed by atoms with E-state index in [1.165, 1.54) is 0 Å². The van der Waals surface area contributed by atoms with E-state index in [-0.39, 0.29) is 0 Å². The first-order valence-corrected chi connectivity index (χ1v) is 5.15. The van der Waals surface area contributed by atoms with Crippen molar-refractivity contribution in [1.29, 1.82) is 0 Å². The summed E-state index contributed by atoms with van der Waals surface area (Å²) in [4.78, 5) is 0. The van der Waals surface area contributed by atoms with E-state index in [2.05, 4.69) is 0 Å². The quantitative estimate of drug-likeness (QED) is 0.631. The van der Waals surface area contributed by atoms with E-state index < -0.39 is 21.1 Å². The van der Waals surface area contributed by atoms with E-state index in [9.17, 15) is 0 Å². The summed E-state index contributed by atoms with van der Waals surface area (Å²) in [6, 6.07) is 4.04. The molecule has 0 saturated carbocycles. The molecule has 1 rings (SSSR count). The van der Waals surface area contributed by atoms with E-state index in [1.54, 1.807) is 11.3 Å². The van der Waals surface area contributed by atoms with E-state index in [1.807, 2.05) is 22.9 Å². The van der Waals surface area contributed by atoms with Crippen LogP contribution < -0.4 is 0 Å². The van der Waals surface area contributed by atoms with Gasteiger partial charge < -0.3 is 0 Å². The molecule has 8 heavy (non-hydrogen) atoms. The van der Waals surface area contributed by atoms with Gasteiger partial charge in [-0.15, -0.1) is 0 Å². The van der Waals surface area contributed by atoms with Gasteiger partial charge in [-0.3, -0.25) is 0 Å². The van der Waals surface area contributed by atoms with Gasteiger partial charge in [-0.05, 0) is 10.8 Å². The zero-order chi connectivity index (χ0) is 6.24. The van der Waals surface area contributed by atoms with Crippen molar-refractivity contribution >= 4 is 32.5 Å². The maximum atomic E-state index is 8.54. The molecule has 1 aromatic rings. The Balaban J connectivity index is 0.000000145. The molecular weight excluding hydrogens is 231 g/mol. The predicted molar refractivity (Wildman–Crippen MR) is 31.4 cm³/mol. The fraction of sp³-hybridized carbons (Fsp3) is 0. The van der Waals surface area contributed by atoms with Crippen molar-refractivity contribution in [3.63, 3.8) is 0 Å². The SMILES string of the molecule is [O]=[Sn]=[O].c1ccsc1. The number of rotatable bonds is 0. The van der Waals surface area contributed by atoms with Crippen molar-refractivity contribution in [2.24, 2.45) is 0 Å². The van der Waals surface area contributed by atoms with Crippen molar-refractivity contribution in [1.82, 2.24) is 0 Å². The maximum absolute atomic E-state index is 8.54. The van der Waals surface area contributed by atoms with E-state index >= 15 is 0 Å².